The lowest BCUT2D eigenvalue weighted by atomic mass is 10.2. The first-order valence-electron chi connectivity index (χ1n) is 6.31. The molecule has 2 heterocycles. The molecule has 0 aliphatic rings. The standard InChI is InChI=1S/C14H19N3OS/c1-8(2)12-16-13(15-5)9(3)14(17-12)19-11-6-7-18-10(11)4/h6-8H,1-5H3,(H,15,16,17). The SMILES string of the molecule is CNc1nc(C(C)C)nc(Sc2ccoc2C)c1C. The van der Waals surface area contributed by atoms with Crippen molar-refractivity contribution in [1.82, 2.24) is 9.97 Å². The van der Waals surface area contributed by atoms with E-state index in [1.54, 1.807) is 18.0 Å². The van der Waals surface area contributed by atoms with Crippen LogP contribution in [0.2, 0.25) is 0 Å². The quantitative estimate of drug-likeness (QED) is 0.856. The zero-order valence-corrected chi connectivity index (χ0v) is 12.8. The third kappa shape index (κ3) is 2.92. The normalized spacial score (nSPS) is 11.1. The number of nitrogens with one attached hydrogen (secondary N) is 1. The maximum absolute atomic E-state index is 5.33. The van der Waals surface area contributed by atoms with Crippen LogP contribution in [0.4, 0.5) is 5.82 Å². The van der Waals surface area contributed by atoms with E-state index in [0.717, 1.165) is 32.9 Å². The van der Waals surface area contributed by atoms with Gasteiger partial charge in [0.15, 0.2) is 0 Å². The smallest absolute Gasteiger partial charge is 0.134 e. The molecule has 2 aromatic rings. The number of aromatic nitrogens is 2. The topological polar surface area (TPSA) is 51.0 Å². The van der Waals surface area contributed by atoms with Gasteiger partial charge in [0.1, 0.15) is 22.4 Å². The highest BCUT2D eigenvalue weighted by Crippen LogP contribution is 2.34. The predicted octanol–water partition coefficient (Wildman–Crippen LogP) is 4.00. The molecule has 0 aromatic carbocycles. The van der Waals surface area contributed by atoms with Gasteiger partial charge in [-0.25, -0.2) is 9.97 Å². The Bertz CT molecular complexity index is 578. The van der Waals surface area contributed by atoms with Crippen LogP contribution in [0.5, 0.6) is 0 Å². The van der Waals surface area contributed by atoms with Crippen molar-refractivity contribution in [3.8, 4) is 0 Å². The highest BCUT2D eigenvalue weighted by molar-refractivity contribution is 7.99. The Morgan fingerprint density at radius 3 is 2.53 bits per heavy atom. The molecule has 0 unspecified atom stereocenters. The van der Waals surface area contributed by atoms with Crippen LogP contribution < -0.4 is 5.32 Å². The summed E-state index contributed by atoms with van der Waals surface area (Å²) in [6.45, 7) is 8.19. The Morgan fingerprint density at radius 2 is 2.00 bits per heavy atom. The highest BCUT2D eigenvalue weighted by Gasteiger charge is 2.14. The first-order valence-corrected chi connectivity index (χ1v) is 7.12. The molecule has 1 N–H and O–H groups in total. The summed E-state index contributed by atoms with van der Waals surface area (Å²) < 4.78 is 5.33. The fourth-order valence-electron chi connectivity index (χ4n) is 1.70. The van der Waals surface area contributed by atoms with E-state index in [9.17, 15) is 0 Å². The average Bonchev–Trinajstić information content (AvgIpc) is 2.77. The van der Waals surface area contributed by atoms with Crippen LogP contribution >= 0.6 is 11.8 Å². The molecule has 2 aromatic heterocycles. The van der Waals surface area contributed by atoms with Crippen LogP contribution in [-0.4, -0.2) is 17.0 Å². The summed E-state index contributed by atoms with van der Waals surface area (Å²) in [6.07, 6.45) is 1.70. The largest absolute Gasteiger partial charge is 0.468 e. The summed E-state index contributed by atoms with van der Waals surface area (Å²) in [7, 11) is 1.89. The Kier molecular flexibility index (Phi) is 4.14. The molecule has 0 spiro atoms. The second-order valence-electron chi connectivity index (χ2n) is 4.71. The zero-order chi connectivity index (χ0) is 14.0. The molecule has 0 aliphatic carbocycles. The van der Waals surface area contributed by atoms with E-state index in [4.69, 9.17) is 4.42 Å². The minimum atomic E-state index is 0.303. The molecule has 5 heteroatoms. The average molecular weight is 277 g/mol. The fourth-order valence-corrected chi connectivity index (χ4v) is 2.61. The van der Waals surface area contributed by atoms with Crippen molar-refractivity contribution in [3.63, 3.8) is 0 Å². The number of nitrogens with zero attached hydrogens (tertiary/aromatic N) is 2. The number of hydrogen-bond acceptors (Lipinski definition) is 5. The number of aryl methyl sites for hydroxylation is 1. The number of anilines is 1. The van der Waals surface area contributed by atoms with Gasteiger partial charge >= 0.3 is 0 Å². The molecule has 19 heavy (non-hydrogen) atoms. The Balaban J connectivity index is 2.43. The van der Waals surface area contributed by atoms with Gasteiger partial charge in [0.05, 0.1) is 11.2 Å². The summed E-state index contributed by atoms with van der Waals surface area (Å²) in [4.78, 5) is 10.3. The molecule has 0 aliphatic heterocycles. The van der Waals surface area contributed by atoms with Gasteiger partial charge in [0, 0.05) is 18.5 Å². The van der Waals surface area contributed by atoms with E-state index in [1.165, 1.54) is 0 Å². The third-order valence-corrected chi connectivity index (χ3v) is 4.12. The molecule has 102 valence electrons. The molecule has 4 nitrogen and oxygen atoms in total. The van der Waals surface area contributed by atoms with Gasteiger partial charge < -0.3 is 9.73 Å². The molecule has 0 saturated carbocycles. The first kappa shape index (κ1) is 13.9. The summed E-state index contributed by atoms with van der Waals surface area (Å²) in [5.74, 6) is 2.97. The van der Waals surface area contributed by atoms with Crippen molar-refractivity contribution in [2.24, 2.45) is 0 Å². The van der Waals surface area contributed by atoms with Crippen LogP contribution in [-0.2, 0) is 0 Å². The summed E-state index contributed by atoms with van der Waals surface area (Å²) in [5.41, 5.74) is 1.07. The van der Waals surface area contributed by atoms with Gasteiger partial charge in [-0.1, -0.05) is 25.6 Å². The number of hydrogen-bond donors (Lipinski definition) is 1. The first-order chi connectivity index (χ1) is 9.02. The molecule has 2 rings (SSSR count). The molecular weight excluding hydrogens is 258 g/mol. The van der Waals surface area contributed by atoms with Crippen molar-refractivity contribution < 1.29 is 4.42 Å². The monoisotopic (exact) mass is 277 g/mol. The van der Waals surface area contributed by atoms with E-state index in [2.05, 4.69) is 29.1 Å². The fraction of sp³-hybridized carbons (Fsp3) is 0.429. The molecule has 0 atom stereocenters. The van der Waals surface area contributed by atoms with E-state index in [-0.39, 0.29) is 0 Å². The minimum Gasteiger partial charge on any atom is -0.468 e. The molecule has 0 amide bonds. The van der Waals surface area contributed by atoms with Gasteiger partial charge in [-0.3, -0.25) is 0 Å². The van der Waals surface area contributed by atoms with Crippen LogP contribution in [0.3, 0.4) is 0 Å². The Morgan fingerprint density at radius 1 is 1.26 bits per heavy atom. The van der Waals surface area contributed by atoms with E-state index in [1.807, 2.05) is 27.0 Å². The van der Waals surface area contributed by atoms with Crippen molar-refractivity contribution >= 4 is 17.6 Å². The third-order valence-electron chi connectivity index (χ3n) is 2.89. The van der Waals surface area contributed by atoms with Crippen LogP contribution in [0.1, 0.15) is 36.9 Å². The van der Waals surface area contributed by atoms with Crippen molar-refractivity contribution in [2.45, 2.75) is 43.5 Å². The molecule has 0 fully saturated rings. The maximum atomic E-state index is 5.33. The van der Waals surface area contributed by atoms with Gasteiger partial charge in [0.25, 0.3) is 0 Å². The Labute approximate surface area is 118 Å². The number of furan rings is 1. The molecule has 0 radical (unpaired) electrons. The lowest BCUT2D eigenvalue weighted by Gasteiger charge is -2.13. The summed E-state index contributed by atoms with van der Waals surface area (Å²) >= 11 is 1.62. The Hall–Kier alpha value is -1.49. The summed E-state index contributed by atoms with van der Waals surface area (Å²) in [6, 6.07) is 1.97. The van der Waals surface area contributed by atoms with E-state index < -0.39 is 0 Å². The lowest BCUT2D eigenvalue weighted by molar-refractivity contribution is 0.527. The second-order valence-corrected chi connectivity index (χ2v) is 5.74. The van der Waals surface area contributed by atoms with E-state index >= 15 is 0 Å². The predicted molar refractivity (Wildman–Crippen MR) is 78.0 cm³/mol. The summed E-state index contributed by atoms with van der Waals surface area (Å²) in [5, 5.41) is 4.12. The van der Waals surface area contributed by atoms with Crippen LogP contribution in [0, 0.1) is 13.8 Å². The van der Waals surface area contributed by atoms with Gasteiger partial charge in [-0.05, 0) is 19.9 Å². The highest BCUT2D eigenvalue weighted by atomic mass is 32.2. The van der Waals surface area contributed by atoms with Crippen molar-refractivity contribution in [1.29, 1.82) is 0 Å². The van der Waals surface area contributed by atoms with Crippen LogP contribution in [0.15, 0.2) is 26.7 Å². The molecule has 0 saturated heterocycles. The second kappa shape index (κ2) is 5.65. The van der Waals surface area contributed by atoms with E-state index in [0.29, 0.717) is 5.92 Å². The number of rotatable bonds is 4. The maximum Gasteiger partial charge on any atom is 0.134 e. The van der Waals surface area contributed by atoms with Crippen molar-refractivity contribution in [2.75, 3.05) is 12.4 Å². The zero-order valence-electron chi connectivity index (χ0n) is 11.9. The van der Waals surface area contributed by atoms with Gasteiger partial charge in [-0.2, -0.15) is 0 Å². The molecule has 0 bridgehead atoms. The minimum absolute atomic E-state index is 0.303. The molecular formula is C14H19N3OS. The van der Waals surface area contributed by atoms with Gasteiger partial charge in [0.2, 0.25) is 0 Å². The van der Waals surface area contributed by atoms with Gasteiger partial charge in [-0.15, -0.1) is 0 Å². The van der Waals surface area contributed by atoms with Crippen LogP contribution in [0.25, 0.3) is 0 Å². The van der Waals surface area contributed by atoms with Crippen molar-refractivity contribution in [3.05, 3.63) is 29.5 Å². The lowest BCUT2D eigenvalue weighted by Crippen LogP contribution is -2.06.